The monoisotopic (exact) mass is 372 g/mol. The van der Waals surface area contributed by atoms with Crippen LogP contribution in [0.1, 0.15) is 13.8 Å². The molecule has 152 valence electrons. The van der Waals surface area contributed by atoms with Crippen molar-refractivity contribution < 1.29 is 50.4 Å². The molecule has 10 nitrogen and oxygen atoms in total. The molecule has 0 spiro atoms. The average Bonchev–Trinajstić information content (AvgIpc) is 2.63. The van der Waals surface area contributed by atoms with Crippen molar-refractivity contribution in [2.24, 2.45) is 16.2 Å². The number of carboxylic acid groups (broad SMARTS) is 1. The third-order valence-electron chi connectivity index (χ3n) is 3.80. The Kier molecular flexibility index (Phi) is 13.2. The first-order chi connectivity index (χ1) is 11.6. The fourth-order valence-corrected chi connectivity index (χ4v) is 1.13. The Hall–Kier alpha value is -0.850. The molecule has 0 aliphatic carbocycles. The molecule has 0 radical (unpaired) electrons. The number of hydrogen-bond donors (Lipinski definition) is 8. The Labute approximate surface area is 146 Å². The summed E-state index contributed by atoms with van der Waals surface area (Å²) in [5.74, 6) is -0.972. The largest absolute Gasteiger partial charge is 0.481 e. The van der Waals surface area contributed by atoms with Gasteiger partial charge in [-0.25, -0.2) is 0 Å². The van der Waals surface area contributed by atoms with Crippen LogP contribution in [0.3, 0.4) is 0 Å². The van der Waals surface area contributed by atoms with Crippen molar-refractivity contribution >= 4 is 5.97 Å². The summed E-state index contributed by atoms with van der Waals surface area (Å²) in [6.45, 7) is -0.387. The minimum absolute atomic E-state index is 0.141. The Morgan fingerprint density at radius 3 is 1.08 bits per heavy atom. The molecule has 0 rings (SSSR count). The smallest absolute Gasteiger partial charge is 0.311 e. The summed E-state index contributed by atoms with van der Waals surface area (Å²) in [6.07, 6.45) is 0. The van der Waals surface area contributed by atoms with Gasteiger partial charge >= 0.3 is 5.97 Å². The molecular weight excluding hydrogens is 340 g/mol. The summed E-state index contributed by atoms with van der Waals surface area (Å²) in [5, 5.41) is 70.8. The molecule has 10 heteroatoms. The van der Waals surface area contributed by atoms with Gasteiger partial charge in [0, 0.05) is 0 Å². The van der Waals surface area contributed by atoms with E-state index in [2.05, 4.69) is 0 Å². The van der Waals surface area contributed by atoms with Crippen LogP contribution in [0.25, 0.3) is 0 Å². The van der Waals surface area contributed by atoms with Crippen molar-refractivity contribution in [3.8, 4) is 0 Å². The number of aliphatic carboxylic acids is 1. The first-order valence-electron chi connectivity index (χ1n) is 7.65. The molecule has 0 aliphatic rings. The minimum atomic E-state index is -1.16. The molecule has 0 amide bonds. The molecule has 0 unspecified atom stereocenters. The van der Waals surface area contributed by atoms with E-state index in [1.807, 2.05) is 0 Å². The van der Waals surface area contributed by atoms with Gasteiger partial charge in [-0.05, 0) is 13.8 Å². The number of carbonyl (C=O) groups is 1. The first kappa shape index (κ1) is 26.4. The Bertz CT molecular complexity index is 314. The summed E-state index contributed by atoms with van der Waals surface area (Å²) in [4.78, 5) is 10.1. The van der Waals surface area contributed by atoms with E-state index in [4.69, 9.17) is 45.6 Å². The van der Waals surface area contributed by atoms with Crippen LogP contribution in [0.4, 0.5) is 0 Å². The lowest BCUT2D eigenvalue weighted by Crippen LogP contribution is -2.43. The topological polar surface area (TPSA) is 188 Å². The van der Waals surface area contributed by atoms with Gasteiger partial charge in [0.15, 0.2) is 0 Å². The van der Waals surface area contributed by atoms with Gasteiger partial charge in [-0.2, -0.15) is 0 Å². The van der Waals surface area contributed by atoms with Gasteiger partial charge in [0.25, 0.3) is 0 Å². The number of carboxylic acids is 1. The number of aliphatic hydroxyl groups is 7. The molecule has 25 heavy (non-hydrogen) atoms. The lowest BCUT2D eigenvalue weighted by atomic mass is 9.91. The molecule has 0 aromatic rings. The second-order valence-corrected chi connectivity index (χ2v) is 6.79. The van der Waals surface area contributed by atoms with Crippen molar-refractivity contribution in [1.29, 1.82) is 0 Å². The van der Waals surface area contributed by atoms with Gasteiger partial charge in [0.1, 0.15) is 0 Å². The van der Waals surface area contributed by atoms with Crippen molar-refractivity contribution in [3.05, 3.63) is 0 Å². The maximum atomic E-state index is 10.1. The van der Waals surface area contributed by atoms with E-state index in [1.54, 1.807) is 0 Å². The summed E-state index contributed by atoms with van der Waals surface area (Å²) in [7, 11) is 0. The number of ether oxygens (including phenoxy) is 1. The molecule has 0 aliphatic heterocycles. The highest BCUT2D eigenvalue weighted by Gasteiger charge is 2.32. The van der Waals surface area contributed by atoms with Gasteiger partial charge in [0.05, 0.1) is 75.7 Å². The molecule has 0 saturated carbocycles. The normalized spacial score (nSPS) is 12.5. The first-order valence-corrected chi connectivity index (χ1v) is 7.65. The lowest BCUT2D eigenvalue weighted by Gasteiger charge is -2.31. The lowest BCUT2D eigenvalue weighted by molar-refractivity contribution is -0.148. The fraction of sp³-hybridized carbons (Fsp3) is 0.933. The maximum absolute atomic E-state index is 10.1. The highest BCUT2D eigenvalue weighted by molar-refractivity contribution is 5.73. The summed E-state index contributed by atoms with van der Waals surface area (Å²) < 4.78 is 5.15. The van der Waals surface area contributed by atoms with E-state index in [9.17, 15) is 4.79 Å². The molecule has 8 N–H and O–H groups in total. The number of hydrogen-bond acceptors (Lipinski definition) is 9. The van der Waals surface area contributed by atoms with Crippen molar-refractivity contribution in [3.63, 3.8) is 0 Å². The van der Waals surface area contributed by atoms with E-state index >= 15 is 0 Å². The minimum Gasteiger partial charge on any atom is -0.481 e. The van der Waals surface area contributed by atoms with Crippen LogP contribution >= 0.6 is 0 Å². The summed E-state index contributed by atoms with van der Waals surface area (Å²) in [6, 6.07) is 0. The van der Waals surface area contributed by atoms with Crippen LogP contribution in [0.5, 0.6) is 0 Å². The molecule has 0 bridgehead atoms. The zero-order chi connectivity index (χ0) is 20.1. The Morgan fingerprint density at radius 1 is 0.680 bits per heavy atom. The Morgan fingerprint density at radius 2 is 0.960 bits per heavy atom. The van der Waals surface area contributed by atoms with Gasteiger partial charge in [-0.1, -0.05) is 0 Å². The number of aliphatic hydroxyl groups excluding tert-OH is 7. The average molecular weight is 372 g/mol. The van der Waals surface area contributed by atoms with Crippen LogP contribution in [0, 0.1) is 16.2 Å². The Balaban J connectivity index is 0. The zero-order valence-electron chi connectivity index (χ0n) is 14.8. The van der Waals surface area contributed by atoms with Crippen molar-refractivity contribution in [2.75, 3.05) is 59.5 Å². The van der Waals surface area contributed by atoms with E-state index in [0.29, 0.717) is 0 Å². The van der Waals surface area contributed by atoms with Gasteiger partial charge in [-0.15, -0.1) is 0 Å². The highest BCUT2D eigenvalue weighted by Crippen LogP contribution is 2.19. The molecule has 0 atom stereocenters. The van der Waals surface area contributed by atoms with Gasteiger partial charge in [0.2, 0.25) is 0 Å². The summed E-state index contributed by atoms with van der Waals surface area (Å²) >= 11 is 0. The highest BCUT2D eigenvalue weighted by atomic mass is 16.5. The van der Waals surface area contributed by atoms with Crippen LogP contribution in [-0.4, -0.2) is 106 Å². The SMILES string of the molecule is CC(C)(CO)C(=O)O.OCC(CO)(CO)COCC(CO)(CO)CO. The standard InChI is InChI=1S/C10H22O7.C5H10O3/c11-1-9(2-12,3-13)7-17-8-10(4-14,5-15)6-16;1-5(2,3-6)4(7)8/h11-16H,1-8H2;6H,3H2,1-2H3,(H,7,8). The summed E-state index contributed by atoms with van der Waals surface area (Å²) in [5.41, 5.74) is -3.31. The molecule has 0 heterocycles. The molecule has 0 saturated heterocycles. The molecule has 0 aromatic carbocycles. The van der Waals surface area contributed by atoms with Gasteiger partial charge in [-0.3, -0.25) is 4.79 Å². The third kappa shape index (κ3) is 8.88. The van der Waals surface area contributed by atoms with Gasteiger partial charge < -0.3 is 45.6 Å². The molecule has 0 aromatic heterocycles. The fourth-order valence-electron chi connectivity index (χ4n) is 1.13. The zero-order valence-corrected chi connectivity index (χ0v) is 14.8. The van der Waals surface area contributed by atoms with Crippen LogP contribution in [-0.2, 0) is 9.53 Å². The number of rotatable bonds is 12. The molecule has 0 fully saturated rings. The van der Waals surface area contributed by atoms with Crippen molar-refractivity contribution in [2.45, 2.75) is 13.8 Å². The van der Waals surface area contributed by atoms with Crippen LogP contribution < -0.4 is 0 Å². The van der Waals surface area contributed by atoms with E-state index in [1.165, 1.54) is 13.8 Å². The quantitative estimate of drug-likeness (QED) is 0.175. The predicted molar refractivity (Wildman–Crippen MR) is 86.7 cm³/mol. The third-order valence-corrected chi connectivity index (χ3v) is 3.80. The van der Waals surface area contributed by atoms with E-state index < -0.39 is 61.9 Å². The maximum Gasteiger partial charge on any atom is 0.311 e. The second kappa shape index (κ2) is 12.5. The second-order valence-electron chi connectivity index (χ2n) is 6.79. The van der Waals surface area contributed by atoms with Crippen LogP contribution in [0.15, 0.2) is 0 Å². The predicted octanol–water partition coefficient (Wildman–Crippen LogP) is -2.98. The van der Waals surface area contributed by atoms with E-state index in [-0.39, 0.29) is 19.8 Å². The van der Waals surface area contributed by atoms with Crippen molar-refractivity contribution in [1.82, 2.24) is 0 Å². The van der Waals surface area contributed by atoms with Crippen LogP contribution in [0.2, 0.25) is 0 Å². The molecular formula is C15H32O10. The van der Waals surface area contributed by atoms with E-state index in [0.717, 1.165) is 0 Å².